The summed E-state index contributed by atoms with van der Waals surface area (Å²) < 4.78 is 0. The SMILES string of the molecule is CCCN1CCC[C@@]12CCN([C@@H](C)C(=O)O)C2=O. The van der Waals surface area contributed by atoms with Gasteiger partial charge in [0.05, 0.1) is 0 Å². The Morgan fingerprint density at radius 2 is 2.17 bits per heavy atom. The van der Waals surface area contributed by atoms with Crippen molar-refractivity contribution in [2.75, 3.05) is 19.6 Å². The molecule has 2 saturated heterocycles. The third-order valence-corrected chi connectivity index (χ3v) is 4.37. The van der Waals surface area contributed by atoms with E-state index in [1.54, 1.807) is 6.92 Å². The Balaban J connectivity index is 2.17. The molecular formula is C13H22N2O3. The zero-order chi connectivity index (χ0) is 13.3. The maximum atomic E-state index is 12.6. The summed E-state index contributed by atoms with van der Waals surface area (Å²) in [7, 11) is 0. The lowest BCUT2D eigenvalue weighted by Crippen LogP contribution is -2.52. The second-order valence-electron chi connectivity index (χ2n) is 5.38. The summed E-state index contributed by atoms with van der Waals surface area (Å²) >= 11 is 0. The molecule has 0 radical (unpaired) electrons. The van der Waals surface area contributed by atoms with Gasteiger partial charge in [0.25, 0.3) is 0 Å². The van der Waals surface area contributed by atoms with Crippen LogP contribution in [0.5, 0.6) is 0 Å². The smallest absolute Gasteiger partial charge is 0.326 e. The Morgan fingerprint density at radius 3 is 2.78 bits per heavy atom. The molecule has 2 fully saturated rings. The third kappa shape index (κ3) is 1.90. The number of nitrogens with zero attached hydrogens (tertiary/aromatic N) is 2. The molecule has 0 unspecified atom stereocenters. The fourth-order valence-corrected chi connectivity index (χ4v) is 3.34. The number of amides is 1. The van der Waals surface area contributed by atoms with Crippen molar-refractivity contribution in [2.24, 2.45) is 0 Å². The molecule has 1 N–H and O–H groups in total. The van der Waals surface area contributed by atoms with Gasteiger partial charge < -0.3 is 10.0 Å². The van der Waals surface area contributed by atoms with Gasteiger partial charge in [-0.05, 0) is 45.7 Å². The molecule has 18 heavy (non-hydrogen) atoms. The fraction of sp³-hybridized carbons (Fsp3) is 0.846. The van der Waals surface area contributed by atoms with Crippen molar-refractivity contribution in [3.8, 4) is 0 Å². The number of carboxylic acids is 1. The first kappa shape index (κ1) is 13.3. The van der Waals surface area contributed by atoms with Crippen molar-refractivity contribution in [1.29, 1.82) is 0 Å². The number of hydrogen-bond donors (Lipinski definition) is 1. The Labute approximate surface area is 108 Å². The molecule has 2 aliphatic rings. The number of carbonyl (C=O) groups is 2. The zero-order valence-electron chi connectivity index (χ0n) is 11.2. The Kier molecular flexibility index (Phi) is 3.61. The highest BCUT2D eigenvalue weighted by atomic mass is 16.4. The largest absolute Gasteiger partial charge is 0.480 e. The van der Waals surface area contributed by atoms with Crippen molar-refractivity contribution >= 4 is 11.9 Å². The van der Waals surface area contributed by atoms with Crippen LogP contribution in [0, 0.1) is 0 Å². The summed E-state index contributed by atoms with van der Waals surface area (Å²) in [4.78, 5) is 27.4. The first-order chi connectivity index (χ1) is 8.53. The van der Waals surface area contributed by atoms with E-state index in [1.807, 2.05) is 0 Å². The molecule has 0 saturated carbocycles. The lowest BCUT2D eigenvalue weighted by molar-refractivity contribution is -0.150. The van der Waals surface area contributed by atoms with Crippen molar-refractivity contribution in [3.05, 3.63) is 0 Å². The van der Waals surface area contributed by atoms with Crippen LogP contribution in [0.1, 0.15) is 39.5 Å². The minimum atomic E-state index is -0.916. The number of aliphatic carboxylic acids is 1. The van der Waals surface area contributed by atoms with Crippen LogP contribution >= 0.6 is 0 Å². The maximum Gasteiger partial charge on any atom is 0.326 e. The van der Waals surface area contributed by atoms with E-state index in [0.29, 0.717) is 6.54 Å². The molecule has 0 aromatic carbocycles. The molecular weight excluding hydrogens is 232 g/mol. The van der Waals surface area contributed by atoms with Gasteiger partial charge in [0.2, 0.25) is 5.91 Å². The van der Waals surface area contributed by atoms with Crippen LogP contribution in [0.3, 0.4) is 0 Å². The number of hydrogen-bond acceptors (Lipinski definition) is 3. The van der Waals surface area contributed by atoms with Gasteiger partial charge in [-0.1, -0.05) is 6.92 Å². The van der Waals surface area contributed by atoms with E-state index in [2.05, 4.69) is 11.8 Å². The predicted octanol–water partition coefficient (Wildman–Crippen LogP) is 0.936. The second-order valence-corrected chi connectivity index (χ2v) is 5.38. The van der Waals surface area contributed by atoms with Crippen LogP contribution < -0.4 is 0 Å². The van der Waals surface area contributed by atoms with Crippen LogP contribution in [0.25, 0.3) is 0 Å². The molecule has 2 rings (SSSR count). The summed E-state index contributed by atoms with van der Waals surface area (Å²) in [5, 5.41) is 9.05. The van der Waals surface area contributed by atoms with Crippen LogP contribution in [0.4, 0.5) is 0 Å². The van der Waals surface area contributed by atoms with Crippen LogP contribution in [0.2, 0.25) is 0 Å². The number of likely N-dealkylation sites (tertiary alicyclic amines) is 2. The van der Waals surface area contributed by atoms with Crippen molar-refractivity contribution < 1.29 is 14.7 Å². The van der Waals surface area contributed by atoms with Crippen molar-refractivity contribution in [3.63, 3.8) is 0 Å². The summed E-state index contributed by atoms with van der Waals surface area (Å²) in [6, 6.07) is -0.707. The van der Waals surface area contributed by atoms with Gasteiger partial charge in [0.1, 0.15) is 11.6 Å². The lowest BCUT2D eigenvalue weighted by Gasteiger charge is -2.33. The molecule has 2 aliphatic heterocycles. The normalized spacial score (nSPS) is 30.3. The first-order valence-electron chi connectivity index (χ1n) is 6.82. The molecule has 102 valence electrons. The Morgan fingerprint density at radius 1 is 1.44 bits per heavy atom. The molecule has 5 heteroatoms. The standard InChI is InChI=1S/C13H22N2O3/c1-3-7-14-8-4-5-13(14)6-9-15(12(13)18)10(2)11(16)17/h10H,3-9H2,1-2H3,(H,16,17)/t10-,13-/m0/s1. The van der Waals surface area contributed by atoms with Gasteiger partial charge >= 0.3 is 5.97 Å². The highest BCUT2D eigenvalue weighted by molar-refractivity contribution is 5.92. The minimum absolute atomic E-state index is 0.0309. The second kappa shape index (κ2) is 4.88. The third-order valence-electron chi connectivity index (χ3n) is 4.37. The molecule has 0 bridgehead atoms. The van der Waals surface area contributed by atoms with Crippen LogP contribution in [-0.2, 0) is 9.59 Å². The molecule has 2 atom stereocenters. The van der Waals surface area contributed by atoms with E-state index in [-0.39, 0.29) is 11.4 Å². The van der Waals surface area contributed by atoms with Crippen LogP contribution in [0.15, 0.2) is 0 Å². The average molecular weight is 254 g/mol. The minimum Gasteiger partial charge on any atom is -0.480 e. The quantitative estimate of drug-likeness (QED) is 0.811. The Hall–Kier alpha value is -1.10. The number of carbonyl (C=O) groups excluding carboxylic acids is 1. The van der Waals surface area contributed by atoms with Gasteiger partial charge in [0, 0.05) is 6.54 Å². The van der Waals surface area contributed by atoms with Gasteiger partial charge in [-0.15, -0.1) is 0 Å². The summed E-state index contributed by atoms with van der Waals surface area (Å²) in [6.07, 6.45) is 3.74. The maximum absolute atomic E-state index is 12.6. The van der Waals surface area contributed by atoms with E-state index < -0.39 is 12.0 Å². The van der Waals surface area contributed by atoms with E-state index >= 15 is 0 Å². The topological polar surface area (TPSA) is 60.9 Å². The molecule has 1 spiro atoms. The van der Waals surface area contributed by atoms with E-state index in [9.17, 15) is 9.59 Å². The number of rotatable bonds is 4. The summed E-state index contributed by atoms with van der Waals surface area (Å²) in [5.74, 6) is -0.885. The lowest BCUT2D eigenvalue weighted by atomic mass is 9.94. The number of carboxylic acid groups (broad SMARTS) is 1. The molecule has 1 amide bonds. The molecule has 2 heterocycles. The van der Waals surface area contributed by atoms with Crippen LogP contribution in [-0.4, -0.2) is 58.0 Å². The van der Waals surface area contributed by atoms with Gasteiger partial charge in [-0.3, -0.25) is 9.69 Å². The molecule has 0 aliphatic carbocycles. The first-order valence-corrected chi connectivity index (χ1v) is 6.82. The summed E-state index contributed by atoms with van der Waals surface area (Å²) in [6.45, 7) is 6.18. The highest BCUT2D eigenvalue weighted by Crippen LogP contribution is 2.39. The Bertz CT molecular complexity index is 358. The van der Waals surface area contributed by atoms with Gasteiger partial charge in [-0.25, -0.2) is 4.79 Å². The van der Waals surface area contributed by atoms with E-state index in [0.717, 1.165) is 38.8 Å². The highest BCUT2D eigenvalue weighted by Gasteiger charge is 2.54. The fourth-order valence-electron chi connectivity index (χ4n) is 3.34. The zero-order valence-corrected chi connectivity index (χ0v) is 11.2. The monoisotopic (exact) mass is 254 g/mol. The van der Waals surface area contributed by atoms with Crippen molar-refractivity contribution in [2.45, 2.75) is 51.1 Å². The van der Waals surface area contributed by atoms with Gasteiger partial charge in [0.15, 0.2) is 0 Å². The molecule has 0 aromatic rings. The molecule has 0 aromatic heterocycles. The van der Waals surface area contributed by atoms with E-state index in [4.69, 9.17) is 5.11 Å². The average Bonchev–Trinajstić information content (AvgIpc) is 2.87. The van der Waals surface area contributed by atoms with Crippen molar-refractivity contribution in [1.82, 2.24) is 9.80 Å². The molecule has 5 nitrogen and oxygen atoms in total. The van der Waals surface area contributed by atoms with Gasteiger partial charge in [-0.2, -0.15) is 0 Å². The summed E-state index contributed by atoms with van der Waals surface area (Å²) in [5.41, 5.74) is -0.389. The van der Waals surface area contributed by atoms with E-state index in [1.165, 1.54) is 4.90 Å². The predicted molar refractivity (Wildman–Crippen MR) is 67.3 cm³/mol.